The minimum Gasteiger partial charge on any atom is -0.496 e. The normalized spacial score (nSPS) is 10.5. The molecule has 8 heteroatoms. The van der Waals surface area contributed by atoms with Gasteiger partial charge in [-0.2, -0.15) is 0 Å². The van der Waals surface area contributed by atoms with Gasteiger partial charge in [0, 0.05) is 17.0 Å². The van der Waals surface area contributed by atoms with Gasteiger partial charge in [0.1, 0.15) is 12.4 Å². The number of carbonyl (C=O) groups is 2. The predicted octanol–water partition coefficient (Wildman–Crippen LogP) is 4.66. The van der Waals surface area contributed by atoms with E-state index >= 15 is 0 Å². The van der Waals surface area contributed by atoms with E-state index in [-0.39, 0.29) is 17.9 Å². The second-order valence-corrected chi connectivity index (χ2v) is 5.98. The lowest BCUT2D eigenvalue weighted by molar-refractivity contribution is 0.0601. The molecule has 0 aromatic heterocycles. The van der Waals surface area contributed by atoms with E-state index in [1.165, 1.54) is 7.11 Å². The van der Waals surface area contributed by atoms with Crippen LogP contribution in [0.1, 0.15) is 15.9 Å². The summed E-state index contributed by atoms with van der Waals surface area (Å²) in [6, 6.07) is 12.5. The summed E-state index contributed by atoms with van der Waals surface area (Å²) in [6.07, 6.45) is -0.962. The predicted molar refractivity (Wildman–Crippen MR) is 102 cm³/mol. The van der Waals surface area contributed by atoms with Gasteiger partial charge in [-0.3, -0.25) is 5.32 Å². The summed E-state index contributed by atoms with van der Waals surface area (Å²) < 4.78 is 42.1. The average Bonchev–Trinajstić information content (AvgIpc) is 2.73. The van der Waals surface area contributed by atoms with E-state index in [1.54, 1.807) is 6.07 Å². The van der Waals surface area contributed by atoms with Crippen molar-refractivity contribution in [2.45, 2.75) is 6.61 Å². The number of esters is 1. The Hall–Kier alpha value is -3.68. The van der Waals surface area contributed by atoms with Gasteiger partial charge in [0.15, 0.2) is 11.6 Å². The number of anilines is 1. The second-order valence-electron chi connectivity index (χ2n) is 5.98. The van der Waals surface area contributed by atoms with Crippen molar-refractivity contribution in [2.24, 2.45) is 0 Å². The molecular formula is C21H17F2NO5. The highest BCUT2D eigenvalue weighted by Gasteiger charge is 2.19. The van der Waals surface area contributed by atoms with Gasteiger partial charge < -0.3 is 14.2 Å². The first kappa shape index (κ1) is 20.1. The van der Waals surface area contributed by atoms with E-state index in [2.05, 4.69) is 10.1 Å². The van der Waals surface area contributed by atoms with E-state index in [9.17, 15) is 18.4 Å². The molecule has 3 aromatic rings. The van der Waals surface area contributed by atoms with Gasteiger partial charge in [-0.05, 0) is 11.5 Å². The summed E-state index contributed by atoms with van der Waals surface area (Å²) in [5.41, 5.74) is -0.00214. The fraction of sp³-hybridized carbons (Fsp3) is 0.143. The molecule has 0 saturated heterocycles. The van der Waals surface area contributed by atoms with Crippen molar-refractivity contribution in [1.29, 1.82) is 0 Å². The monoisotopic (exact) mass is 401 g/mol. The standard InChI is InChI=1S/C21H17F2NO5/c1-27-19-13(8-7-12-5-3-4-6-14(12)19)11-29-21(26)24-18-10-17(23)16(22)9-15(18)20(25)28-2/h3-10H,11H2,1-2H3,(H,24,26). The summed E-state index contributed by atoms with van der Waals surface area (Å²) >= 11 is 0. The third-order valence-electron chi connectivity index (χ3n) is 4.23. The number of rotatable bonds is 5. The fourth-order valence-electron chi connectivity index (χ4n) is 2.86. The topological polar surface area (TPSA) is 73.9 Å². The first-order valence-corrected chi connectivity index (χ1v) is 8.50. The van der Waals surface area contributed by atoms with Crippen molar-refractivity contribution in [3.8, 4) is 5.75 Å². The number of carbonyl (C=O) groups excluding carboxylic acids is 2. The van der Waals surface area contributed by atoms with Gasteiger partial charge in [0.2, 0.25) is 0 Å². The number of hydrogen-bond donors (Lipinski definition) is 1. The smallest absolute Gasteiger partial charge is 0.411 e. The average molecular weight is 401 g/mol. The van der Waals surface area contributed by atoms with Gasteiger partial charge in [0.05, 0.1) is 25.5 Å². The van der Waals surface area contributed by atoms with Gasteiger partial charge in [-0.25, -0.2) is 18.4 Å². The Balaban J connectivity index is 1.78. The van der Waals surface area contributed by atoms with Gasteiger partial charge >= 0.3 is 12.1 Å². The highest BCUT2D eigenvalue weighted by molar-refractivity contribution is 5.99. The van der Waals surface area contributed by atoms with Crippen molar-refractivity contribution in [2.75, 3.05) is 19.5 Å². The van der Waals surface area contributed by atoms with Crippen molar-refractivity contribution < 1.29 is 32.6 Å². The maximum absolute atomic E-state index is 13.5. The lowest BCUT2D eigenvalue weighted by Crippen LogP contribution is -2.17. The Bertz CT molecular complexity index is 1080. The molecule has 0 radical (unpaired) electrons. The SMILES string of the molecule is COC(=O)c1cc(F)c(F)cc1NC(=O)OCc1ccc2ccccc2c1OC. The third kappa shape index (κ3) is 4.26. The van der Waals surface area contributed by atoms with Crippen LogP contribution in [0.15, 0.2) is 48.5 Å². The number of benzene rings is 3. The van der Waals surface area contributed by atoms with Crippen LogP contribution >= 0.6 is 0 Å². The van der Waals surface area contributed by atoms with E-state index < -0.39 is 23.7 Å². The molecule has 29 heavy (non-hydrogen) atoms. The lowest BCUT2D eigenvalue weighted by Gasteiger charge is -2.14. The molecule has 0 aliphatic heterocycles. The first-order chi connectivity index (χ1) is 13.9. The molecule has 0 bridgehead atoms. The molecule has 0 atom stereocenters. The number of ether oxygens (including phenoxy) is 3. The molecule has 0 unspecified atom stereocenters. The van der Waals surface area contributed by atoms with Crippen molar-refractivity contribution in [3.63, 3.8) is 0 Å². The van der Waals surface area contributed by atoms with Crippen LogP contribution in [0.5, 0.6) is 5.75 Å². The van der Waals surface area contributed by atoms with Crippen LogP contribution in [0, 0.1) is 11.6 Å². The summed E-state index contributed by atoms with van der Waals surface area (Å²) in [6.45, 7) is -0.142. The van der Waals surface area contributed by atoms with E-state index in [0.717, 1.165) is 17.9 Å². The van der Waals surface area contributed by atoms with E-state index in [1.807, 2.05) is 30.3 Å². The van der Waals surface area contributed by atoms with Gasteiger partial charge in [0.25, 0.3) is 0 Å². The van der Waals surface area contributed by atoms with Crippen LogP contribution in [0.4, 0.5) is 19.3 Å². The third-order valence-corrected chi connectivity index (χ3v) is 4.23. The largest absolute Gasteiger partial charge is 0.496 e. The quantitative estimate of drug-likeness (QED) is 0.630. The maximum Gasteiger partial charge on any atom is 0.411 e. The minimum atomic E-state index is -1.25. The van der Waals surface area contributed by atoms with Crippen LogP contribution in [0.2, 0.25) is 0 Å². The zero-order valence-electron chi connectivity index (χ0n) is 15.6. The molecule has 0 fully saturated rings. The fourth-order valence-corrected chi connectivity index (χ4v) is 2.86. The molecule has 0 aliphatic rings. The van der Waals surface area contributed by atoms with E-state index in [4.69, 9.17) is 9.47 Å². The van der Waals surface area contributed by atoms with Gasteiger partial charge in [-0.1, -0.05) is 36.4 Å². The van der Waals surface area contributed by atoms with Crippen LogP contribution in [0.3, 0.4) is 0 Å². The zero-order valence-corrected chi connectivity index (χ0v) is 15.6. The Morgan fingerprint density at radius 2 is 1.72 bits per heavy atom. The molecule has 6 nitrogen and oxygen atoms in total. The highest BCUT2D eigenvalue weighted by atomic mass is 19.2. The molecule has 150 valence electrons. The molecule has 0 aliphatic carbocycles. The number of fused-ring (bicyclic) bond motifs is 1. The van der Waals surface area contributed by atoms with Gasteiger partial charge in [-0.15, -0.1) is 0 Å². The molecule has 0 spiro atoms. The molecular weight excluding hydrogens is 384 g/mol. The minimum absolute atomic E-state index is 0.142. The van der Waals surface area contributed by atoms with Crippen molar-refractivity contribution in [3.05, 3.63) is 71.3 Å². The van der Waals surface area contributed by atoms with Crippen LogP contribution in [-0.2, 0) is 16.1 Å². The number of nitrogens with one attached hydrogen (secondary N) is 1. The molecule has 0 saturated carbocycles. The molecule has 1 amide bonds. The van der Waals surface area contributed by atoms with E-state index in [0.29, 0.717) is 23.4 Å². The summed E-state index contributed by atoms with van der Waals surface area (Å²) in [7, 11) is 2.59. The maximum atomic E-state index is 13.5. The number of hydrogen-bond acceptors (Lipinski definition) is 5. The summed E-state index contributed by atoms with van der Waals surface area (Å²) in [5, 5.41) is 4.04. The Labute approximate surface area is 165 Å². The number of halogens is 2. The molecule has 0 heterocycles. The molecule has 3 aromatic carbocycles. The van der Waals surface area contributed by atoms with Crippen molar-refractivity contribution >= 4 is 28.5 Å². The summed E-state index contributed by atoms with van der Waals surface area (Å²) in [5.74, 6) is -2.86. The Morgan fingerprint density at radius 3 is 2.45 bits per heavy atom. The highest BCUT2D eigenvalue weighted by Crippen LogP contribution is 2.30. The lowest BCUT2D eigenvalue weighted by atomic mass is 10.1. The molecule has 1 N–H and O–H groups in total. The second kappa shape index (κ2) is 8.55. The number of amides is 1. The van der Waals surface area contributed by atoms with Crippen LogP contribution < -0.4 is 10.1 Å². The Kier molecular flexibility index (Phi) is 5.92. The molecule has 3 rings (SSSR count). The Morgan fingerprint density at radius 1 is 1.00 bits per heavy atom. The first-order valence-electron chi connectivity index (χ1n) is 8.50. The van der Waals surface area contributed by atoms with Crippen LogP contribution in [-0.4, -0.2) is 26.3 Å². The zero-order chi connectivity index (χ0) is 21.0. The van der Waals surface area contributed by atoms with Crippen molar-refractivity contribution in [1.82, 2.24) is 0 Å². The number of methoxy groups -OCH3 is 2. The summed E-state index contributed by atoms with van der Waals surface area (Å²) in [4.78, 5) is 23.9. The van der Waals surface area contributed by atoms with Crippen LogP contribution in [0.25, 0.3) is 10.8 Å².